The average Bonchev–Trinajstić information content (AvgIpc) is 3.37. The number of rotatable bonds is 4. The summed E-state index contributed by atoms with van der Waals surface area (Å²) < 4.78 is 55.6. The van der Waals surface area contributed by atoms with Crippen LogP contribution in [0.5, 0.6) is 0 Å². The summed E-state index contributed by atoms with van der Waals surface area (Å²) in [6.45, 7) is 7.51. The standard InChI is InChI=1S/C27H33F4N5O2/c1-15-12-20(37)23-21(15)24(33-14-32-23)35-8-10-36(11-9-35)25(38)22(19-6-7-26(2,3)34-19)17-13-16(27(29,30)31)4-5-18(17)28/h4-5,13-15,19-20,22,34,37H,6-12H2,1-3H3/t15-,19+,20-,22+/m1/s1. The molecule has 7 nitrogen and oxygen atoms in total. The summed E-state index contributed by atoms with van der Waals surface area (Å²) in [7, 11) is 0. The maximum atomic E-state index is 15.1. The molecule has 0 bridgehead atoms. The maximum Gasteiger partial charge on any atom is 0.416 e. The fourth-order valence-corrected chi connectivity index (χ4v) is 6.18. The van der Waals surface area contributed by atoms with Crippen molar-refractivity contribution in [1.82, 2.24) is 20.2 Å². The molecule has 0 spiro atoms. The van der Waals surface area contributed by atoms with Crippen LogP contribution in [0.4, 0.5) is 23.4 Å². The van der Waals surface area contributed by atoms with E-state index in [-0.39, 0.29) is 22.9 Å². The lowest BCUT2D eigenvalue weighted by atomic mass is 9.87. The zero-order valence-corrected chi connectivity index (χ0v) is 21.7. The van der Waals surface area contributed by atoms with E-state index in [0.717, 1.165) is 29.9 Å². The first-order valence-electron chi connectivity index (χ1n) is 13.1. The minimum Gasteiger partial charge on any atom is -0.387 e. The average molecular weight is 536 g/mol. The summed E-state index contributed by atoms with van der Waals surface area (Å²) in [6.07, 6.45) is -1.99. The number of piperazine rings is 1. The van der Waals surface area contributed by atoms with Gasteiger partial charge in [0.2, 0.25) is 5.91 Å². The van der Waals surface area contributed by atoms with Gasteiger partial charge >= 0.3 is 6.18 Å². The highest BCUT2D eigenvalue weighted by Gasteiger charge is 2.43. The molecular formula is C27H33F4N5O2. The van der Waals surface area contributed by atoms with Gasteiger partial charge in [-0.15, -0.1) is 0 Å². The van der Waals surface area contributed by atoms with Crippen LogP contribution in [0.25, 0.3) is 0 Å². The Bertz CT molecular complexity index is 1210. The molecule has 1 aliphatic carbocycles. The van der Waals surface area contributed by atoms with E-state index >= 15 is 4.39 Å². The van der Waals surface area contributed by atoms with Crippen molar-refractivity contribution in [1.29, 1.82) is 0 Å². The normalized spacial score (nSPS) is 25.9. The smallest absolute Gasteiger partial charge is 0.387 e. The number of benzene rings is 1. The van der Waals surface area contributed by atoms with E-state index in [9.17, 15) is 23.1 Å². The summed E-state index contributed by atoms with van der Waals surface area (Å²) in [4.78, 5) is 26.3. The Morgan fingerprint density at radius 1 is 1.18 bits per heavy atom. The molecule has 3 aliphatic rings. The molecule has 3 heterocycles. The van der Waals surface area contributed by atoms with Gasteiger partial charge in [0.05, 0.1) is 23.3 Å². The van der Waals surface area contributed by atoms with Crippen molar-refractivity contribution in [2.75, 3.05) is 31.1 Å². The molecule has 5 rings (SSSR count). The third kappa shape index (κ3) is 4.98. The predicted molar refractivity (Wildman–Crippen MR) is 133 cm³/mol. The van der Waals surface area contributed by atoms with Gasteiger partial charge in [-0.3, -0.25) is 4.79 Å². The van der Waals surface area contributed by atoms with Gasteiger partial charge in [-0.2, -0.15) is 13.2 Å². The minimum absolute atomic E-state index is 0.0981. The van der Waals surface area contributed by atoms with Gasteiger partial charge in [-0.1, -0.05) is 6.92 Å². The summed E-state index contributed by atoms with van der Waals surface area (Å²) in [5.74, 6) is -1.43. The van der Waals surface area contributed by atoms with Crippen molar-refractivity contribution in [3.8, 4) is 0 Å². The van der Waals surface area contributed by atoms with Crippen molar-refractivity contribution < 1.29 is 27.5 Å². The number of halogens is 4. The molecule has 2 N–H and O–H groups in total. The number of anilines is 1. The van der Waals surface area contributed by atoms with E-state index in [1.807, 2.05) is 20.8 Å². The van der Waals surface area contributed by atoms with Gasteiger partial charge < -0.3 is 20.2 Å². The Labute approximate surface area is 219 Å². The SMILES string of the molecule is C[C@@H]1C[C@@H](O)c2ncnc(N3CCN(C(=O)[C@@H](c4cc(C(F)(F)F)ccc4F)[C@@H]4CCC(C)(C)N4)CC3)c21. The van der Waals surface area contributed by atoms with Crippen molar-refractivity contribution in [3.63, 3.8) is 0 Å². The number of hydrogen-bond donors (Lipinski definition) is 2. The lowest BCUT2D eigenvalue weighted by Gasteiger charge is -2.39. The molecule has 1 amide bonds. The lowest BCUT2D eigenvalue weighted by Crippen LogP contribution is -2.53. The number of fused-ring (bicyclic) bond motifs is 1. The molecule has 1 aromatic carbocycles. The van der Waals surface area contributed by atoms with Gasteiger partial charge in [0.1, 0.15) is 18.0 Å². The van der Waals surface area contributed by atoms with Crippen LogP contribution in [0.2, 0.25) is 0 Å². The molecule has 1 aromatic heterocycles. The van der Waals surface area contributed by atoms with E-state index in [2.05, 4.69) is 20.2 Å². The first-order chi connectivity index (χ1) is 17.9. The summed E-state index contributed by atoms with van der Waals surface area (Å²) in [6, 6.07) is 1.82. The number of aliphatic hydroxyl groups excluding tert-OH is 1. The van der Waals surface area contributed by atoms with Crippen LogP contribution >= 0.6 is 0 Å². The van der Waals surface area contributed by atoms with Crippen LogP contribution in [-0.2, 0) is 11.0 Å². The molecule has 2 fully saturated rings. The molecule has 2 aromatic rings. The summed E-state index contributed by atoms with van der Waals surface area (Å²) >= 11 is 0. The first-order valence-corrected chi connectivity index (χ1v) is 13.1. The van der Waals surface area contributed by atoms with Gasteiger partial charge in [-0.05, 0) is 57.2 Å². The number of aliphatic hydroxyl groups is 1. The Kier molecular flexibility index (Phi) is 6.88. The number of carbonyl (C=O) groups is 1. The van der Waals surface area contributed by atoms with E-state index < -0.39 is 35.6 Å². The van der Waals surface area contributed by atoms with Crippen molar-refractivity contribution in [2.24, 2.45) is 0 Å². The second-order valence-corrected chi connectivity index (χ2v) is 11.3. The lowest BCUT2D eigenvalue weighted by molar-refractivity contribution is -0.138. The van der Waals surface area contributed by atoms with Crippen LogP contribution in [0, 0.1) is 5.82 Å². The van der Waals surface area contributed by atoms with Crippen LogP contribution in [-0.4, -0.2) is 63.6 Å². The van der Waals surface area contributed by atoms with E-state index in [0.29, 0.717) is 50.8 Å². The first kappa shape index (κ1) is 26.8. The number of amides is 1. The van der Waals surface area contributed by atoms with Crippen molar-refractivity contribution in [3.05, 3.63) is 52.7 Å². The van der Waals surface area contributed by atoms with Crippen LogP contribution in [0.15, 0.2) is 24.5 Å². The summed E-state index contributed by atoms with van der Waals surface area (Å²) in [5, 5.41) is 13.7. The second-order valence-electron chi connectivity index (χ2n) is 11.3. The minimum atomic E-state index is -4.65. The fourth-order valence-electron chi connectivity index (χ4n) is 6.18. The van der Waals surface area contributed by atoms with Crippen molar-refractivity contribution >= 4 is 11.7 Å². The van der Waals surface area contributed by atoms with Gasteiger partial charge in [0, 0.05) is 48.9 Å². The van der Waals surface area contributed by atoms with E-state index in [1.54, 1.807) is 4.90 Å². The number of alkyl halides is 3. The largest absolute Gasteiger partial charge is 0.416 e. The maximum absolute atomic E-state index is 15.1. The zero-order chi connectivity index (χ0) is 27.4. The molecular weight excluding hydrogens is 502 g/mol. The van der Waals surface area contributed by atoms with Crippen LogP contribution < -0.4 is 10.2 Å². The number of nitrogens with zero attached hydrogens (tertiary/aromatic N) is 4. The van der Waals surface area contributed by atoms with E-state index in [1.165, 1.54) is 6.33 Å². The predicted octanol–water partition coefficient (Wildman–Crippen LogP) is 4.14. The Morgan fingerprint density at radius 3 is 2.53 bits per heavy atom. The molecule has 2 saturated heterocycles. The highest BCUT2D eigenvalue weighted by molar-refractivity contribution is 5.85. The highest BCUT2D eigenvalue weighted by atomic mass is 19.4. The molecule has 38 heavy (non-hydrogen) atoms. The molecule has 2 aliphatic heterocycles. The van der Waals surface area contributed by atoms with E-state index in [4.69, 9.17) is 0 Å². The van der Waals surface area contributed by atoms with Crippen molar-refractivity contribution in [2.45, 2.75) is 75.7 Å². The highest BCUT2D eigenvalue weighted by Crippen LogP contribution is 2.43. The molecule has 11 heteroatoms. The Morgan fingerprint density at radius 2 is 1.89 bits per heavy atom. The topological polar surface area (TPSA) is 81.6 Å². The van der Waals surface area contributed by atoms with Gasteiger partial charge in [0.25, 0.3) is 0 Å². The number of carbonyl (C=O) groups excluding carboxylic acids is 1. The third-order valence-electron chi connectivity index (χ3n) is 8.15. The number of aromatic nitrogens is 2. The second kappa shape index (κ2) is 9.75. The van der Waals surface area contributed by atoms with Gasteiger partial charge in [0.15, 0.2) is 0 Å². The number of nitrogens with one attached hydrogen (secondary N) is 1. The van der Waals surface area contributed by atoms with Gasteiger partial charge in [-0.25, -0.2) is 14.4 Å². The zero-order valence-electron chi connectivity index (χ0n) is 21.7. The summed E-state index contributed by atoms with van der Waals surface area (Å²) in [5.41, 5.74) is 0.0490. The van der Waals surface area contributed by atoms with Crippen LogP contribution in [0.3, 0.4) is 0 Å². The monoisotopic (exact) mass is 535 g/mol. The van der Waals surface area contributed by atoms with Crippen LogP contribution in [0.1, 0.15) is 80.4 Å². The Hall–Kier alpha value is -2.79. The molecule has 0 saturated carbocycles. The Balaban J connectivity index is 1.40. The number of hydrogen-bond acceptors (Lipinski definition) is 6. The molecule has 4 atom stereocenters. The molecule has 206 valence electrons. The third-order valence-corrected chi connectivity index (χ3v) is 8.15. The molecule has 0 radical (unpaired) electrons. The fraction of sp³-hybridized carbons (Fsp3) is 0.593. The molecule has 0 unspecified atom stereocenters. The quantitative estimate of drug-likeness (QED) is 0.573.